The normalized spacial score (nSPS) is 11.7. The van der Waals surface area contributed by atoms with Gasteiger partial charge in [0.1, 0.15) is 12.4 Å². The molecule has 0 saturated heterocycles. The summed E-state index contributed by atoms with van der Waals surface area (Å²) in [4.78, 5) is 4.95. The van der Waals surface area contributed by atoms with Crippen molar-refractivity contribution in [3.8, 4) is 28.0 Å². The highest BCUT2D eigenvalue weighted by Gasteiger charge is 2.29. The molecule has 42 heavy (non-hydrogen) atoms. The second-order valence-corrected chi connectivity index (χ2v) is 11.9. The van der Waals surface area contributed by atoms with Crippen molar-refractivity contribution in [2.24, 2.45) is 0 Å². The summed E-state index contributed by atoms with van der Waals surface area (Å²) in [7, 11) is -3.57. The van der Waals surface area contributed by atoms with Crippen LogP contribution in [0.3, 0.4) is 0 Å². The van der Waals surface area contributed by atoms with Crippen LogP contribution in [0.4, 0.5) is 0 Å². The zero-order valence-corrected chi connectivity index (χ0v) is 24.6. The fourth-order valence-electron chi connectivity index (χ4n) is 5.23. The van der Waals surface area contributed by atoms with E-state index in [2.05, 4.69) is 66.7 Å². The molecule has 1 aromatic heterocycles. The maximum absolute atomic E-state index is 13.7. The SMILES string of the molecule is CCOP(=O)(OCC)c1ccc2cc(-c3cccc(OCc4ccccc4)c3)cc(-c3cccc4ccccc34)c2n1. The molecule has 6 rings (SSSR count). The van der Waals surface area contributed by atoms with Gasteiger partial charge in [-0.2, -0.15) is 0 Å². The van der Waals surface area contributed by atoms with Gasteiger partial charge in [-0.05, 0) is 77.2 Å². The molecule has 210 valence electrons. The number of hydrogen-bond donors (Lipinski definition) is 0. The van der Waals surface area contributed by atoms with Crippen molar-refractivity contribution in [2.75, 3.05) is 13.2 Å². The van der Waals surface area contributed by atoms with Crippen LogP contribution in [0.2, 0.25) is 0 Å². The number of benzene rings is 5. The lowest BCUT2D eigenvalue weighted by atomic mass is 9.92. The summed E-state index contributed by atoms with van der Waals surface area (Å²) in [6, 6.07) is 40.9. The van der Waals surface area contributed by atoms with E-state index in [1.165, 1.54) is 0 Å². The van der Waals surface area contributed by atoms with Crippen molar-refractivity contribution in [1.29, 1.82) is 0 Å². The second-order valence-electron chi connectivity index (χ2n) is 9.93. The Morgan fingerprint density at radius 1 is 0.643 bits per heavy atom. The van der Waals surface area contributed by atoms with Crippen LogP contribution < -0.4 is 10.2 Å². The quantitative estimate of drug-likeness (QED) is 0.153. The Labute approximate surface area is 246 Å². The molecule has 0 aliphatic carbocycles. The first-order valence-electron chi connectivity index (χ1n) is 14.2. The molecule has 0 spiro atoms. The zero-order valence-electron chi connectivity index (χ0n) is 23.7. The van der Waals surface area contributed by atoms with Crippen LogP contribution in [0.5, 0.6) is 5.75 Å². The molecule has 6 aromatic rings. The molecular formula is C36H32NO4P. The van der Waals surface area contributed by atoms with Crippen molar-refractivity contribution < 1.29 is 18.3 Å². The molecule has 0 aliphatic heterocycles. The third-order valence-electron chi connectivity index (χ3n) is 7.15. The van der Waals surface area contributed by atoms with Gasteiger partial charge in [0, 0.05) is 10.9 Å². The number of fused-ring (bicyclic) bond motifs is 2. The van der Waals surface area contributed by atoms with Crippen LogP contribution in [0.25, 0.3) is 43.9 Å². The van der Waals surface area contributed by atoms with Crippen LogP contribution >= 0.6 is 7.60 Å². The smallest absolute Gasteiger partial charge is 0.379 e. The number of aromatic nitrogens is 1. The Kier molecular flexibility index (Phi) is 8.16. The van der Waals surface area contributed by atoms with E-state index in [4.69, 9.17) is 18.8 Å². The molecule has 1 heterocycles. The minimum absolute atomic E-state index is 0.259. The molecule has 0 saturated carbocycles. The van der Waals surface area contributed by atoms with E-state index in [0.717, 1.165) is 55.2 Å². The second kappa shape index (κ2) is 12.3. The Bertz CT molecular complexity index is 1890. The van der Waals surface area contributed by atoms with Gasteiger partial charge in [0.15, 0.2) is 5.44 Å². The summed E-state index contributed by atoms with van der Waals surface area (Å²) in [6.45, 7) is 4.62. The van der Waals surface area contributed by atoms with Gasteiger partial charge in [-0.25, -0.2) is 4.98 Å². The van der Waals surface area contributed by atoms with E-state index in [0.29, 0.717) is 12.0 Å². The van der Waals surface area contributed by atoms with Crippen molar-refractivity contribution in [3.05, 3.63) is 127 Å². The summed E-state index contributed by atoms with van der Waals surface area (Å²) in [5.41, 5.74) is 6.21. The van der Waals surface area contributed by atoms with Gasteiger partial charge in [-0.3, -0.25) is 4.57 Å². The molecule has 0 N–H and O–H groups in total. The molecule has 0 amide bonds. The number of pyridine rings is 1. The van der Waals surface area contributed by atoms with E-state index in [9.17, 15) is 4.57 Å². The molecule has 0 radical (unpaired) electrons. The molecule has 0 bridgehead atoms. The number of hydrogen-bond acceptors (Lipinski definition) is 5. The first-order chi connectivity index (χ1) is 20.6. The van der Waals surface area contributed by atoms with Gasteiger partial charge < -0.3 is 13.8 Å². The average molecular weight is 574 g/mol. The fraction of sp³-hybridized carbons (Fsp3) is 0.139. The highest BCUT2D eigenvalue weighted by atomic mass is 31.2. The molecular weight excluding hydrogens is 541 g/mol. The van der Waals surface area contributed by atoms with Crippen molar-refractivity contribution in [3.63, 3.8) is 0 Å². The van der Waals surface area contributed by atoms with Crippen molar-refractivity contribution in [2.45, 2.75) is 20.5 Å². The van der Waals surface area contributed by atoms with Gasteiger partial charge in [-0.15, -0.1) is 0 Å². The highest BCUT2D eigenvalue weighted by Crippen LogP contribution is 2.47. The fourth-order valence-corrected chi connectivity index (χ4v) is 6.72. The number of nitrogens with zero attached hydrogens (tertiary/aromatic N) is 1. The number of ether oxygens (including phenoxy) is 1. The lowest BCUT2D eigenvalue weighted by molar-refractivity contribution is 0.229. The first-order valence-corrected chi connectivity index (χ1v) is 15.7. The summed E-state index contributed by atoms with van der Waals surface area (Å²) in [5, 5.41) is 3.17. The van der Waals surface area contributed by atoms with Gasteiger partial charge in [-0.1, -0.05) is 91.0 Å². The molecule has 0 unspecified atom stereocenters. The lowest BCUT2D eigenvalue weighted by Gasteiger charge is -2.18. The minimum Gasteiger partial charge on any atom is -0.489 e. The Morgan fingerprint density at radius 3 is 2.19 bits per heavy atom. The van der Waals surface area contributed by atoms with Gasteiger partial charge in [0.05, 0.1) is 18.7 Å². The van der Waals surface area contributed by atoms with Crippen molar-refractivity contribution in [1.82, 2.24) is 4.98 Å². The van der Waals surface area contributed by atoms with E-state index in [-0.39, 0.29) is 13.2 Å². The van der Waals surface area contributed by atoms with Gasteiger partial charge in [0.2, 0.25) is 0 Å². The van der Waals surface area contributed by atoms with E-state index in [1.54, 1.807) is 19.9 Å². The average Bonchev–Trinajstić information content (AvgIpc) is 3.03. The van der Waals surface area contributed by atoms with Gasteiger partial charge in [0.25, 0.3) is 0 Å². The predicted molar refractivity (Wildman–Crippen MR) is 171 cm³/mol. The largest absolute Gasteiger partial charge is 0.489 e. The van der Waals surface area contributed by atoms with Crippen LogP contribution in [0, 0.1) is 0 Å². The molecule has 5 nitrogen and oxygen atoms in total. The predicted octanol–water partition coefficient (Wildman–Crippen LogP) is 9.19. The van der Waals surface area contributed by atoms with E-state index in [1.807, 2.05) is 48.5 Å². The minimum atomic E-state index is -3.57. The summed E-state index contributed by atoms with van der Waals surface area (Å²) in [6.07, 6.45) is 0. The molecule has 0 aliphatic rings. The van der Waals surface area contributed by atoms with Crippen molar-refractivity contribution >= 4 is 34.7 Å². The lowest BCUT2D eigenvalue weighted by Crippen LogP contribution is -2.14. The molecule has 0 fully saturated rings. The summed E-state index contributed by atoms with van der Waals surface area (Å²) < 4.78 is 31.1. The molecule has 6 heteroatoms. The standard InChI is InChI=1S/C36H32NO4P/c1-3-40-42(38,41-4-2)35-21-20-29-22-30(28-16-10-17-31(23-28)39-25-26-12-6-5-7-13-26)24-34(36(29)37-35)33-19-11-15-27-14-8-9-18-32(27)33/h5-24H,3-4,25H2,1-2H3. The van der Waals surface area contributed by atoms with Crippen LogP contribution in [-0.4, -0.2) is 18.2 Å². The first kappa shape index (κ1) is 27.9. The topological polar surface area (TPSA) is 57.7 Å². The summed E-state index contributed by atoms with van der Waals surface area (Å²) in [5.74, 6) is 0.797. The highest BCUT2D eigenvalue weighted by molar-refractivity contribution is 7.61. The van der Waals surface area contributed by atoms with Crippen LogP contribution in [0.15, 0.2) is 121 Å². The Balaban J connectivity index is 1.51. The maximum atomic E-state index is 13.7. The van der Waals surface area contributed by atoms with E-state index < -0.39 is 7.60 Å². The van der Waals surface area contributed by atoms with Crippen LogP contribution in [-0.2, 0) is 20.2 Å². The Hall–Kier alpha value is -4.28. The molecule has 0 atom stereocenters. The third-order valence-corrected chi connectivity index (χ3v) is 9.16. The van der Waals surface area contributed by atoms with Crippen LogP contribution in [0.1, 0.15) is 19.4 Å². The Morgan fingerprint density at radius 2 is 1.38 bits per heavy atom. The maximum Gasteiger partial charge on any atom is 0.379 e. The zero-order chi connectivity index (χ0) is 28.9. The summed E-state index contributed by atoms with van der Waals surface area (Å²) >= 11 is 0. The number of rotatable bonds is 10. The third kappa shape index (κ3) is 5.73. The monoisotopic (exact) mass is 573 g/mol. The van der Waals surface area contributed by atoms with Gasteiger partial charge >= 0.3 is 7.60 Å². The molecule has 5 aromatic carbocycles. The van der Waals surface area contributed by atoms with E-state index >= 15 is 0 Å².